The van der Waals surface area contributed by atoms with Crippen molar-refractivity contribution in [2.75, 3.05) is 0 Å². The van der Waals surface area contributed by atoms with Gasteiger partial charge in [-0.25, -0.2) is 9.36 Å². The van der Waals surface area contributed by atoms with Gasteiger partial charge in [-0.3, -0.25) is 9.59 Å². The highest BCUT2D eigenvalue weighted by molar-refractivity contribution is 5.97. The van der Waals surface area contributed by atoms with E-state index in [-0.39, 0.29) is 6.42 Å². The number of carbonyl (C=O) groups excluding carboxylic acids is 1. The maximum absolute atomic E-state index is 12.4. The number of pyridine rings is 1. The highest BCUT2D eigenvalue weighted by Gasteiger charge is 2.19. The molecule has 1 aromatic carbocycles. The van der Waals surface area contributed by atoms with Crippen LogP contribution in [0.25, 0.3) is 10.9 Å². The van der Waals surface area contributed by atoms with Crippen LogP contribution in [0.1, 0.15) is 20.9 Å². The van der Waals surface area contributed by atoms with Crippen molar-refractivity contribution in [3.05, 3.63) is 70.4 Å². The van der Waals surface area contributed by atoms with Gasteiger partial charge in [0.15, 0.2) is 0 Å². The van der Waals surface area contributed by atoms with Crippen LogP contribution in [0, 0.1) is 0 Å². The van der Waals surface area contributed by atoms with E-state index in [1.807, 2.05) is 0 Å². The second kappa shape index (κ2) is 5.33. The summed E-state index contributed by atoms with van der Waals surface area (Å²) in [6, 6.07) is 11.2. The molecule has 0 saturated carbocycles. The monoisotopic (exact) mass is 297 g/mol. The van der Waals surface area contributed by atoms with Crippen molar-refractivity contribution < 1.29 is 19.1 Å². The van der Waals surface area contributed by atoms with Crippen molar-refractivity contribution in [2.24, 2.45) is 0 Å². The second-order valence-corrected chi connectivity index (χ2v) is 4.71. The Morgan fingerprint density at radius 3 is 2.59 bits per heavy atom. The van der Waals surface area contributed by atoms with Gasteiger partial charge in [0, 0.05) is 0 Å². The molecule has 3 rings (SSSR count). The predicted molar refractivity (Wildman–Crippen MR) is 78.2 cm³/mol. The average Bonchev–Trinajstić information content (AvgIpc) is 2.99. The SMILES string of the molecule is O=C(O)c1cc2ccccc2n(C(=O)Cc2ccco2)c1=O. The standard InChI is InChI=1S/C16H11NO5/c18-14(9-11-5-3-7-22-11)17-13-6-2-1-4-10(13)8-12(15(17)19)16(20)21/h1-8H,9H2,(H,20,21). The predicted octanol–water partition coefficient (Wildman–Crippen LogP) is 2.18. The molecule has 0 saturated heterocycles. The summed E-state index contributed by atoms with van der Waals surface area (Å²) in [7, 11) is 0. The van der Waals surface area contributed by atoms with Crippen LogP contribution in [-0.2, 0) is 6.42 Å². The Morgan fingerprint density at radius 1 is 1.14 bits per heavy atom. The summed E-state index contributed by atoms with van der Waals surface area (Å²) in [5.74, 6) is -1.50. The molecule has 0 aliphatic rings. The number of carboxylic acids is 1. The summed E-state index contributed by atoms with van der Waals surface area (Å²) in [6.07, 6.45) is 1.30. The molecule has 1 N–H and O–H groups in total. The number of hydrogen-bond acceptors (Lipinski definition) is 4. The first kappa shape index (κ1) is 13.8. The summed E-state index contributed by atoms with van der Waals surface area (Å²) in [4.78, 5) is 36.0. The van der Waals surface area contributed by atoms with E-state index in [4.69, 9.17) is 9.52 Å². The molecule has 0 atom stereocenters. The molecule has 0 aliphatic carbocycles. The van der Waals surface area contributed by atoms with Gasteiger partial charge < -0.3 is 9.52 Å². The fourth-order valence-electron chi connectivity index (χ4n) is 2.30. The highest BCUT2D eigenvalue weighted by Crippen LogP contribution is 2.14. The van der Waals surface area contributed by atoms with Gasteiger partial charge in [-0.1, -0.05) is 18.2 Å². The molecule has 0 aliphatic heterocycles. The van der Waals surface area contributed by atoms with Crippen LogP contribution in [0.3, 0.4) is 0 Å². The van der Waals surface area contributed by atoms with E-state index in [1.54, 1.807) is 36.4 Å². The highest BCUT2D eigenvalue weighted by atomic mass is 16.4. The number of fused-ring (bicyclic) bond motifs is 1. The molecule has 0 amide bonds. The fourth-order valence-corrected chi connectivity index (χ4v) is 2.30. The zero-order valence-electron chi connectivity index (χ0n) is 11.4. The van der Waals surface area contributed by atoms with E-state index in [0.717, 1.165) is 4.57 Å². The summed E-state index contributed by atoms with van der Waals surface area (Å²) < 4.78 is 5.99. The topological polar surface area (TPSA) is 89.5 Å². The van der Waals surface area contributed by atoms with E-state index in [0.29, 0.717) is 16.7 Å². The lowest BCUT2D eigenvalue weighted by molar-refractivity contribution is 0.0694. The van der Waals surface area contributed by atoms with E-state index in [9.17, 15) is 14.4 Å². The Kier molecular flexibility index (Phi) is 3.34. The first-order valence-corrected chi connectivity index (χ1v) is 6.51. The molecular formula is C16H11NO5. The zero-order chi connectivity index (χ0) is 15.7. The number of aromatic carboxylic acids is 1. The normalized spacial score (nSPS) is 10.7. The van der Waals surface area contributed by atoms with Gasteiger partial charge in [0.2, 0.25) is 5.91 Å². The number of para-hydroxylation sites is 1. The van der Waals surface area contributed by atoms with Gasteiger partial charge in [-0.05, 0) is 29.7 Å². The third-order valence-electron chi connectivity index (χ3n) is 3.30. The van der Waals surface area contributed by atoms with Gasteiger partial charge in [0.25, 0.3) is 5.56 Å². The van der Waals surface area contributed by atoms with E-state index in [2.05, 4.69) is 0 Å². The lowest BCUT2D eigenvalue weighted by Crippen LogP contribution is -2.32. The number of benzene rings is 1. The Balaban J connectivity index is 2.22. The maximum Gasteiger partial charge on any atom is 0.341 e. The Bertz CT molecular complexity index is 921. The number of nitrogens with zero attached hydrogens (tertiary/aromatic N) is 1. The molecule has 0 fully saturated rings. The molecular weight excluding hydrogens is 286 g/mol. The number of aromatic nitrogens is 1. The van der Waals surface area contributed by atoms with Crippen molar-refractivity contribution in [1.82, 2.24) is 4.57 Å². The Labute approximate surface area is 124 Å². The van der Waals surface area contributed by atoms with Crippen LogP contribution in [0.2, 0.25) is 0 Å². The quantitative estimate of drug-likeness (QED) is 0.800. The number of carboxylic acid groups (broad SMARTS) is 1. The molecule has 110 valence electrons. The van der Waals surface area contributed by atoms with E-state index >= 15 is 0 Å². The molecule has 0 unspecified atom stereocenters. The smallest absolute Gasteiger partial charge is 0.341 e. The van der Waals surface area contributed by atoms with Crippen LogP contribution in [0.4, 0.5) is 0 Å². The zero-order valence-corrected chi connectivity index (χ0v) is 11.4. The molecule has 6 heteroatoms. The number of furan rings is 1. The Hall–Kier alpha value is -3.15. The molecule has 2 heterocycles. The van der Waals surface area contributed by atoms with Crippen LogP contribution >= 0.6 is 0 Å². The van der Waals surface area contributed by atoms with Gasteiger partial charge >= 0.3 is 5.97 Å². The van der Waals surface area contributed by atoms with Crippen molar-refractivity contribution in [2.45, 2.75) is 6.42 Å². The lowest BCUT2D eigenvalue weighted by Gasteiger charge is -2.09. The maximum atomic E-state index is 12.4. The van der Waals surface area contributed by atoms with Crippen LogP contribution in [-0.4, -0.2) is 21.6 Å². The minimum atomic E-state index is -1.37. The number of hydrogen-bond donors (Lipinski definition) is 1. The average molecular weight is 297 g/mol. The van der Waals surface area contributed by atoms with Crippen molar-refractivity contribution >= 4 is 22.8 Å². The van der Waals surface area contributed by atoms with Gasteiger partial charge in [-0.15, -0.1) is 0 Å². The molecule has 3 aromatic rings. The first-order valence-electron chi connectivity index (χ1n) is 6.51. The summed E-state index contributed by atoms with van der Waals surface area (Å²) in [5, 5.41) is 9.65. The van der Waals surface area contributed by atoms with E-state index in [1.165, 1.54) is 12.3 Å². The van der Waals surface area contributed by atoms with Crippen molar-refractivity contribution in [3.63, 3.8) is 0 Å². The number of rotatable bonds is 3. The third-order valence-corrected chi connectivity index (χ3v) is 3.30. The summed E-state index contributed by atoms with van der Waals surface area (Å²) in [5.41, 5.74) is -0.914. The molecule has 2 aromatic heterocycles. The Morgan fingerprint density at radius 2 is 1.91 bits per heavy atom. The van der Waals surface area contributed by atoms with Gasteiger partial charge in [0.1, 0.15) is 11.3 Å². The number of carbonyl (C=O) groups is 2. The summed E-state index contributed by atoms with van der Waals surface area (Å²) in [6.45, 7) is 0. The van der Waals surface area contributed by atoms with Crippen molar-refractivity contribution in [3.8, 4) is 0 Å². The largest absolute Gasteiger partial charge is 0.477 e. The van der Waals surface area contributed by atoms with Crippen LogP contribution in [0.5, 0.6) is 0 Å². The molecule has 22 heavy (non-hydrogen) atoms. The third kappa shape index (κ3) is 2.31. The molecule has 0 spiro atoms. The molecule has 0 bridgehead atoms. The van der Waals surface area contributed by atoms with Crippen LogP contribution < -0.4 is 5.56 Å². The second-order valence-electron chi connectivity index (χ2n) is 4.71. The fraction of sp³-hybridized carbons (Fsp3) is 0.0625. The van der Waals surface area contributed by atoms with Crippen molar-refractivity contribution in [1.29, 1.82) is 0 Å². The molecule has 0 radical (unpaired) electrons. The van der Waals surface area contributed by atoms with Gasteiger partial charge in [0.05, 0.1) is 18.2 Å². The van der Waals surface area contributed by atoms with Crippen LogP contribution in [0.15, 0.2) is 57.9 Å². The van der Waals surface area contributed by atoms with E-state index < -0.39 is 23.0 Å². The lowest BCUT2D eigenvalue weighted by atomic mass is 10.1. The minimum Gasteiger partial charge on any atom is -0.477 e. The minimum absolute atomic E-state index is 0.125. The van der Waals surface area contributed by atoms with Gasteiger partial charge in [-0.2, -0.15) is 0 Å². The first-order chi connectivity index (χ1) is 10.6. The summed E-state index contributed by atoms with van der Waals surface area (Å²) >= 11 is 0. The molecule has 6 nitrogen and oxygen atoms in total.